The van der Waals surface area contributed by atoms with Crippen molar-refractivity contribution in [3.63, 3.8) is 0 Å². The summed E-state index contributed by atoms with van der Waals surface area (Å²) in [5, 5.41) is 6.34. The van der Waals surface area contributed by atoms with E-state index in [1.165, 1.54) is 39.0 Å². The van der Waals surface area contributed by atoms with Crippen LogP contribution in [0.15, 0.2) is 77.5 Å². The summed E-state index contributed by atoms with van der Waals surface area (Å²) in [4.78, 5) is 0. The highest BCUT2D eigenvalue weighted by atomic mass is 28.3. The van der Waals surface area contributed by atoms with E-state index in [4.69, 9.17) is 0 Å². The fourth-order valence-electron chi connectivity index (χ4n) is 6.95. The van der Waals surface area contributed by atoms with Crippen molar-refractivity contribution in [2.24, 2.45) is 5.92 Å². The Labute approximate surface area is 278 Å². The lowest BCUT2D eigenvalue weighted by molar-refractivity contribution is 0.793. The average molecular weight is 619 g/mol. The summed E-state index contributed by atoms with van der Waals surface area (Å²) in [5.74, 6) is 3.34. The van der Waals surface area contributed by atoms with Gasteiger partial charge in [-0.2, -0.15) is 0 Å². The summed E-state index contributed by atoms with van der Waals surface area (Å²) in [6, 6.07) is 23.3. The Bertz CT molecular complexity index is 1320. The second-order valence-corrected chi connectivity index (χ2v) is 20.0. The van der Waals surface area contributed by atoms with E-state index in [0.717, 1.165) is 6.42 Å². The molecule has 1 heteroatoms. The first-order valence-electron chi connectivity index (χ1n) is 17.9. The van der Waals surface area contributed by atoms with Gasteiger partial charge in [0.2, 0.25) is 0 Å². The predicted molar refractivity (Wildman–Crippen MR) is 204 cm³/mol. The maximum Gasteiger partial charge on any atom is 0.176 e. The summed E-state index contributed by atoms with van der Waals surface area (Å²) in [6.45, 7) is 33.1. The summed E-state index contributed by atoms with van der Waals surface area (Å²) in [5.41, 5.74) is 10.3. The fraction of sp³-hybridized carbons (Fsp3) is 0.500. The molecule has 0 unspecified atom stereocenters. The van der Waals surface area contributed by atoms with Gasteiger partial charge in [0.15, 0.2) is 8.07 Å². The Hall–Kier alpha value is -2.64. The van der Waals surface area contributed by atoms with Gasteiger partial charge in [-0.15, -0.1) is 0 Å². The van der Waals surface area contributed by atoms with Crippen molar-refractivity contribution in [1.29, 1.82) is 0 Å². The maximum absolute atomic E-state index is 2.73. The summed E-state index contributed by atoms with van der Waals surface area (Å²) in [7, 11) is -2.73. The number of benzene rings is 3. The van der Waals surface area contributed by atoms with Crippen LogP contribution >= 0.6 is 0 Å². The van der Waals surface area contributed by atoms with E-state index < -0.39 is 8.07 Å². The molecule has 1 aliphatic rings. The van der Waals surface area contributed by atoms with Crippen molar-refractivity contribution in [2.45, 2.75) is 139 Å². The summed E-state index contributed by atoms with van der Waals surface area (Å²) >= 11 is 0. The first-order chi connectivity index (χ1) is 21.1. The second-order valence-electron chi connectivity index (χ2n) is 16.1. The molecule has 0 aliphatic heterocycles. The Morgan fingerprint density at radius 1 is 0.378 bits per heavy atom. The van der Waals surface area contributed by atoms with E-state index in [9.17, 15) is 0 Å². The first-order valence-corrected chi connectivity index (χ1v) is 19.9. The van der Waals surface area contributed by atoms with Gasteiger partial charge in [-0.3, -0.25) is 0 Å². The predicted octanol–water partition coefficient (Wildman–Crippen LogP) is 11.3. The molecule has 0 heterocycles. The number of hydrogen-bond acceptors (Lipinski definition) is 0. The van der Waals surface area contributed by atoms with Gasteiger partial charge >= 0.3 is 0 Å². The zero-order valence-corrected chi connectivity index (χ0v) is 32.1. The van der Waals surface area contributed by atoms with Crippen LogP contribution in [-0.4, -0.2) is 8.07 Å². The third-order valence-electron chi connectivity index (χ3n) is 10.3. The third kappa shape index (κ3) is 7.20. The van der Waals surface area contributed by atoms with Gasteiger partial charge in [-0.25, -0.2) is 0 Å². The molecule has 3 aromatic carbocycles. The molecule has 0 N–H and O–H groups in total. The Morgan fingerprint density at radius 2 is 0.644 bits per heavy atom. The Kier molecular flexibility index (Phi) is 11.0. The van der Waals surface area contributed by atoms with Crippen molar-refractivity contribution >= 4 is 23.6 Å². The van der Waals surface area contributed by atoms with E-state index in [0.29, 0.717) is 41.4 Å². The second kappa shape index (κ2) is 14.0. The highest BCUT2D eigenvalue weighted by Gasteiger charge is 2.45. The highest BCUT2D eigenvalue weighted by molar-refractivity contribution is 7.16. The summed E-state index contributed by atoms with van der Waals surface area (Å²) in [6.07, 6.45) is 6.22. The van der Waals surface area contributed by atoms with Gasteiger partial charge < -0.3 is 0 Å². The number of rotatable bonds is 11. The van der Waals surface area contributed by atoms with E-state index in [2.05, 4.69) is 164 Å². The molecule has 45 heavy (non-hydrogen) atoms. The Morgan fingerprint density at radius 3 is 0.844 bits per heavy atom. The van der Waals surface area contributed by atoms with E-state index >= 15 is 0 Å². The average Bonchev–Trinajstić information content (AvgIpc) is 3.48. The van der Waals surface area contributed by atoms with Crippen LogP contribution in [0, 0.1) is 5.92 Å². The van der Waals surface area contributed by atoms with Crippen LogP contribution < -0.4 is 15.6 Å². The lowest BCUT2D eigenvalue weighted by Gasteiger charge is -2.38. The number of allylic oxidation sites excluding steroid dienone is 4. The molecule has 0 aromatic heterocycles. The SMILES string of the molecule is CC(C)C1=CCC([Si](c2cc(C(C)C)cc(C(C)C)c2)(c2cc(C(C)C)cc(C(C)C)c2)c2cc(C(C)C)cc(C(C)C)c2)=C1. The normalized spacial score (nSPS) is 14.2. The van der Waals surface area contributed by atoms with Crippen molar-refractivity contribution in [1.82, 2.24) is 0 Å². The van der Waals surface area contributed by atoms with Crippen molar-refractivity contribution in [3.8, 4) is 0 Å². The quantitative estimate of drug-likeness (QED) is 0.148. The zero-order valence-electron chi connectivity index (χ0n) is 31.1. The molecular formula is C44H62Si. The fourth-order valence-corrected chi connectivity index (χ4v) is 12.1. The molecule has 0 fully saturated rings. The molecular weight excluding hydrogens is 557 g/mol. The largest absolute Gasteiger partial charge is 0.176 e. The maximum atomic E-state index is 2.64. The molecule has 242 valence electrons. The molecule has 0 nitrogen and oxygen atoms in total. The van der Waals surface area contributed by atoms with Gasteiger partial charge in [0.05, 0.1) is 0 Å². The van der Waals surface area contributed by atoms with Crippen molar-refractivity contribution in [2.75, 3.05) is 0 Å². The van der Waals surface area contributed by atoms with Gasteiger partial charge in [-0.1, -0.05) is 169 Å². The lowest BCUT2D eigenvalue weighted by Crippen LogP contribution is -2.69. The van der Waals surface area contributed by atoms with Crippen LogP contribution in [0.5, 0.6) is 0 Å². The summed E-state index contributed by atoms with van der Waals surface area (Å²) < 4.78 is 0. The molecule has 0 spiro atoms. The van der Waals surface area contributed by atoms with E-state index in [1.807, 2.05) is 0 Å². The first kappa shape index (κ1) is 35.2. The Balaban J connectivity index is 2.32. The monoisotopic (exact) mass is 618 g/mol. The molecule has 0 amide bonds. The minimum Gasteiger partial charge on any atom is -0.0773 e. The molecule has 0 saturated carbocycles. The van der Waals surface area contributed by atoms with Crippen LogP contribution in [0.1, 0.15) is 172 Å². The smallest absolute Gasteiger partial charge is 0.0773 e. The topological polar surface area (TPSA) is 0 Å². The third-order valence-corrected chi connectivity index (χ3v) is 15.1. The highest BCUT2D eigenvalue weighted by Crippen LogP contribution is 2.34. The van der Waals surface area contributed by atoms with Gasteiger partial charge in [0, 0.05) is 0 Å². The van der Waals surface area contributed by atoms with Gasteiger partial charge in [-0.05, 0) is 102 Å². The standard InChI is InChI=1S/C44H62Si/c1-27(2)34-15-16-41(20-34)45(42-21-35(28(3)4)17-36(22-42)29(5)6,43-23-37(30(7)8)18-38(24-43)31(9)10)44-25-39(32(11)12)19-40(26-44)33(13)14/h15,17-33H,16H2,1-14H3. The molecule has 4 rings (SSSR count). The van der Waals surface area contributed by atoms with E-state index in [-0.39, 0.29) is 0 Å². The minimum atomic E-state index is -2.73. The lowest BCUT2D eigenvalue weighted by atomic mass is 9.95. The van der Waals surface area contributed by atoms with Gasteiger partial charge in [0.25, 0.3) is 0 Å². The zero-order chi connectivity index (χ0) is 33.4. The van der Waals surface area contributed by atoms with Crippen molar-refractivity contribution < 1.29 is 0 Å². The molecule has 0 bridgehead atoms. The number of hydrogen-bond donors (Lipinski definition) is 0. The van der Waals surface area contributed by atoms with Crippen LogP contribution in [0.4, 0.5) is 0 Å². The van der Waals surface area contributed by atoms with Crippen molar-refractivity contribution in [3.05, 3.63) is 111 Å². The molecule has 3 aromatic rings. The molecule has 0 atom stereocenters. The van der Waals surface area contributed by atoms with Crippen LogP contribution in [0.25, 0.3) is 0 Å². The van der Waals surface area contributed by atoms with Gasteiger partial charge in [0.1, 0.15) is 0 Å². The molecule has 0 radical (unpaired) electrons. The van der Waals surface area contributed by atoms with Crippen LogP contribution in [-0.2, 0) is 0 Å². The molecule has 1 aliphatic carbocycles. The van der Waals surface area contributed by atoms with Crippen LogP contribution in [0.3, 0.4) is 0 Å². The molecule has 0 saturated heterocycles. The minimum absolute atomic E-state index is 0.470. The van der Waals surface area contributed by atoms with E-state index in [1.54, 1.807) is 20.8 Å². The van der Waals surface area contributed by atoms with Crippen LogP contribution in [0.2, 0.25) is 0 Å².